The first-order valence-corrected chi connectivity index (χ1v) is 6.28. The number of nitrogens with zero attached hydrogens (tertiary/aromatic N) is 1. The Morgan fingerprint density at radius 1 is 1.24 bits per heavy atom. The van der Waals surface area contributed by atoms with Crippen LogP contribution in [0.3, 0.4) is 0 Å². The molecule has 0 atom stereocenters. The molecular weight excluding hydrogens is 273 g/mol. The molecule has 0 saturated carbocycles. The maximum absolute atomic E-state index is 14.3. The highest BCUT2D eigenvalue weighted by atomic mass is 19.1. The van der Waals surface area contributed by atoms with Gasteiger partial charge in [0.25, 0.3) is 0 Å². The van der Waals surface area contributed by atoms with Crippen molar-refractivity contribution in [2.45, 2.75) is 0 Å². The summed E-state index contributed by atoms with van der Waals surface area (Å²) in [7, 11) is 1.48. The first kappa shape index (κ1) is 13.2. The van der Waals surface area contributed by atoms with Gasteiger partial charge in [0, 0.05) is 23.3 Å². The monoisotopic (exact) mass is 285 g/mol. The average Bonchev–Trinajstić information content (AvgIpc) is 2.91. The predicted molar refractivity (Wildman–Crippen MR) is 76.7 cm³/mol. The molecule has 2 aromatic carbocycles. The normalized spacial score (nSPS) is 10.8. The molecule has 4 nitrogen and oxygen atoms in total. The van der Waals surface area contributed by atoms with Gasteiger partial charge in [0.1, 0.15) is 5.75 Å². The Balaban J connectivity index is 2.21. The van der Waals surface area contributed by atoms with Gasteiger partial charge in [-0.25, -0.2) is 9.18 Å². The van der Waals surface area contributed by atoms with E-state index < -0.39 is 11.8 Å². The maximum Gasteiger partial charge on any atom is 0.335 e. The van der Waals surface area contributed by atoms with Gasteiger partial charge in [0.15, 0.2) is 5.82 Å². The molecule has 0 aliphatic heterocycles. The van der Waals surface area contributed by atoms with Crippen molar-refractivity contribution in [2.24, 2.45) is 0 Å². The largest absolute Gasteiger partial charge is 0.497 e. The van der Waals surface area contributed by atoms with E-state index in [2.05, 4.69) is 0 Å². The Bertz CT molecular complexity index is 839. The number of hydrogen-bond acceptors (Lipinski definition) is 2. The summed E-state index contributed by atoms with van der Waals surface area (Å²) in [4.78, 5) is 11.0. The minimum Gasteiger partial charge on any atom is -0.497 e. The molecule has 0 unspecified atom stereocenters. The van der Waals surface area contributed by atoms with Crippen molar-refractivity contribution in [2.75, 3.05) is 7.11 Å². The number of rotatable bonds is 3. The van der Waals surface area contributed by atoms with Crippen LogP contribution in [0.5, 0.6) is 5.75 Å². The van der Waals surface area contributed by atoms with Gasteiger partial charge >= 0.3 is 5.97 Å². The summed E-state index contributed by atoms with van der Waals surface area (Å²) < 4.78 is 20.9. The van der Waals surface area contributed by atoms with E-state index in [4.69, 9.17) is 9.84 Å². The zero-order valence-corrected chi connectivity index (χ0v) is 11.2. The molecule has 0 aliphatic carbocycles. The van der Waals surface area contributed by atoms with Crippen LogP contribution < -0.4 is 4.74 Å². The third-order valence-electron chi connectivity index (χ3n) is 3.32. The Morgan fingerprint density at radius 2 is 2.05 bits per heavy atom. The number of halogens is 1. The van der Waals surface area contributed by atoms with E-state index in [-0.39, 0.29) is 5.56 Å². The van der Waals surface area contributed by atoms with Gasteiger partial charge in [-0.05, 0) is 30.3 Å². The number of methoxy groups -OCH3 is 1. The van der Waals surface area contributed by atoms with E-state index in [1.165, 1.54) is 25.3 Å². The van der Waals surface area contributed by atoms with Crippen LogP contribution in [0.15, 0.2) is 48.7 Å². The van der Waals surface area contributed by atoms with Crippen LogP contribution >= 0.6 is 0 Å². The van der Waals surface area contributed by atoms with E-state index in [0.29, 0.717) is 22.3 Å². The minimum atomic E-state index is -1.02. The Labute approximate surface area is 120 Å². The first-order chi connectivity index (χ1) is 10.1. The third kappa shape index (κ3) is 2.23. The molecule has 0 bridgehead atoms. The molecule has 0 amide bonds. The smallest absolute Gasteiger partial charge is 0.335 e. The van der Waals surface area contributed by atoms with Gasteiger partial charge in [-0.15, -0.1) is 0 Å². The molecule has 0 spiro atoms. The van der Waals surface area contributed by atoms with Crippen molar-refractivity contribution < 1.29 is 19.0 Å². The van der Waals surface area contributed by atoms with E-state index in [1.807, 2.05) is 0 Å². The van der Waals surface area contributed by atoms with Crippen LogP contribution in [0.2, 0.25) is 0 Å². The summed E-state index contributed by atoms with van der Waals surface area (Å²) in [5.74, 6) is -0.998. The third-order valence-corrected chi connectivity index (χ3v) is 3.32. The number of carbonyl (C=O) groups is 1. The second-order valence-electron chi connectivity index (χ2n) is 4.59. The Kier molecular flexibility index (Phi) is 3.10. The van der Waals surface area contributed by atoms with Crippen LogP contribution in [0.1, 0.15) is 10.4 Å². The molecule has 3 rings (SSSR count). The second-order valence-corrected chi connectivity index (χ2v) is 4.59. The zero-order valence-electron chi connectivity index (χ0n) is 11.2. The molecule has 0 saturated heterocycles. The van der Waals surface area contributed by atoms with Gasteiger partial charge in [-0.1, -0.05) is 6.07 Å². The number of aromatic nitrogens is 1. The van der Waals surface area contributed by atoms with Gasteiger partial charge < -0.3 is 14.4 Å². The highest BCUT2D eigenvalue weighted by Gasteiger charge is 2.12. The lowest BCUT2D eigenvalue weighted by atomic mass is 10.2. The lowest BCUT2D eigenvalue weighted by Gasteiger charge is -2.08. The Hall–Kier alpha value is -2.82. The Morgan fingerprint density at radius 3 is 2.76 bits per heavy atom. The fourth-order valence-electron chi connectivity index (χ4n) is 2.33. The number of carboxylic acid groups (broad SMARTS) is 1. The standard InChI is InChI=1S/C16H12FNO3/c1-21-13-8-10-5-6-18(15(10)14(17)9-13)12-4-2-3-11(7-12)16(19)20/h2-9H,1H3,(H,19,20). The SMILES string of the molecule is COc1cc(F)c2c(ccn2-c2cccc(C(=O)O)c2)c1. The minimum absolute atomic E-state index is 0.156. The quantitative estimate of drug-likeness (QED) is 0.801. The van der Waals surface area contributed by atoms with Crippen LogP contribution in [0, 0.1) is 5.82 Å². The van der Waals surface area contributed by atoms with Crippen molar-refractivity contribution in [3.8, 4) is 11.4 Å². The molecule has 1 aromatic heterocycles. The molecule has 1 heterocycles. The van der Waals surface area contributed by atoms with Crippen LogP contribution in [-0.4, -0.2) is 22.8 Å². The van der Waals surface area contributed by atoms with Gasteiger partial charge in [-0.3, -0.25) is 0 Å². The summed E-state index contributed by atoms with van der Waals surface area (Å²) in [5, 5.41) is 9.73. The molecule has 0 fully saturated rings. The van der Waals surface area contributed by atoms with Crippen LogP contribution in [-0.2, 0) is 0 Å². The van der Waals surface area contributed by atoms with Crippen molar-refractivity contribution in [1.29, 1.82) is 0 Å². The van der Waals surface area contributed by atoms with Crippen molar-refractivity contribution >= 4 is 16.9 Å². The summed E-state index contributed by atoms with van der Waals surface area (Å²) in [6.07, 6.45) is 1.70. The molecule has 106 valence electrons. The van der Waals surface area contributed by atoms with Crippen molar-refractivity contribution in [1.82, 2.24) is 4.57 Å². The maximum atomic E-state index is 14.3. The highest BCUT2D eigenvalue weighted by Crippen LogP contribution is 2.28. The molecule has 21 heavy (non-hydrogen) atoms. The molecule has 3 aromatic rings. The molecule has 5 heteroatoms. The van der Waals surface area contributed by atoms with Gasteiger partial charge in [-0.2, -0.15) is 0 Å². The van der Waals surface area contributed by atoms with E-state index in [0.717, 1.165) is 0 Å². The second kappa shape index (κ2) is 4.94. The van der Waals surface area contributed by atoms with Crippen molar-refractivity contribution in [3.63, 3.8) is 0 Å². The summed E-state index contributed by atoms with van der Waals surface area (Å²) >= 11 is 0. The van der Waals surface area contributed by atoms with Gasteiger partial charge in [0.05, 0.1) is 18.2 Å². The molecule has 0 aliphatic rings. The van der Waals surface area contributed by atoms with Crippen molar-refractivity contribution in [3.05, 3.63) is 60.0 Å². The average molecular weight is 285 g/mol. The summed E-state index contributed by atoms with van der Waals surface area (Å²) in [6, 6.07) is 11.2. The fraction of sp³-hybridized carbons (Fsp3) is 0.0625. The van der Waals surface area contributed by atoms with Crippen LogP contribution in [0.4, 0.5) is 4.39 Å². The molecule has 1 N–H and O–H groups in total. The number of ether oxygens (including phenoxy) is 1. The highest BCUT2D eigenvalue weighted by molar-refractivity contribution is 5.89. The lowest BCUT2D eigenvalue weighted by molar-refractivity contribution is 0.0697. The van der Waals surface area contributed by atoms with E-state index in [1.54, 1.807) is 35.0 Å². The summed E-state index contributed by atoms with van der Waals surface area (Å²) in [6.45, 7) is 0. The number of benzene rings is 2. The van der Waals surface area contributed by atoms with Crippen LogP contribution in [0.25, 0.3) is 16.6 Å². The van der Waals surface area contributed by atoms with Gasteiger partial charge in [0.2, 0.25) is 0 Å². The van der Waals surface area contributed by atoms with E-state index in [9.17, 15) is 9.18 Å². The molecule has 0 radical (unpaired) electrons. The lowest BCUT2D eigenvalue weighted by Crippen LogP contribution is -2.00. The number of hydrogen-bond donors (Lipinski definition) is 1. The fourth-order valence-corrected chi connectivity index (χ4v) is 2.33. The molecular formula is C16H12FNO3. The topological polar surface area (TPSA) is 51.5 Å². The predicted octanol–water partition coefficient (Wildman–Crippen LogP) is 3.48. The number of aromatic carboxylic acids is 1. The zero-order chi connectivity index (χ0) is 15.0. The first-order valence-electron chi connectivity index (χ1n) is 6.28. The van der Waals surface area contributed by atoms with E-state index >= 15 is 0 Å². The summed E-state index contributed by atoms with van der Waals surface area (Å²) in [5.41, 5.74) is 1.13. The number of carboxylic acids is 1. The number of fused-ring (bicyclic) bond motifs is 1.